The molecule has 1 aliphatic heterocycles. The van der Waals surface area contributed by atoms with Crippen molar-refractivity contribution in [2.24, 2.45) is 0 Å². The van der Waals surface area contributed by atoms with Gasteiger partial charge in [0.25, 0.3) is 5.91 Å². The first-order chi connectivity index (χ1) is 18.0. The van der Waals surface area contributed by atoms with Gasteiger partial charge in [0.1, 0.15) is 6.61 Å². The van der Waals surface area contributed by atoms with Gasteiger partial charge in [-0.25, -0.2) is 0 Å². The van der Waals surface area contributed by atoms with Crippen molar-refractivity contribution < 1.29 is 29.0 Å². The molecule has 37 heavy (non-hydrogen) atoms. The van der Waals surface area contributed by atoms with E-state index in [1.54, 1.807) is 42.5 Å². The Bertz CT molecular complexity index is 1480. The number of aliphatic hydroxyl groups is 1. The van der Waals surface area contributed by atoms with Gasteiger partial charge in [-0.3, -0.25) is 14.4 Å². The largest absolute Gasteiger partial charge is 0.454 e. The van der Waals surface area contributed by atoms with E-state index in [4.69, 9.17) is 14.6 Å². The summed E-state index contributed by atoms with van der Waals surface area (Å²) >= 11 is 0. The van der Waals surface area contributed by atoms with Crippen LogP contribution in [0, 0.1) is 0 Å². The number of Topliss-reactive ketones (excluding diaryl/α,β-unsaturated/α-hetero) is 2. The van der Waals surface area contributed by atoms with Gasteiger partial charge in [-0.15, -0.1) is 0 Å². The maximum atomic E-state index is 13.4. The van der Waals surface area contributed by atoms with Gasteiger partial charge in [0.15, 0.2) is 23.1 Å². The molecule has 7 nitrogen and oxygen atoms in total. The Labute approximate surface area is 213 Å². The van der Waals surface area contributed by atoms with E-state index in [1.807, 2.05) is 42.5 Å². The second-order valence-electron chi connectivity index (χ2n) is 8.90. The normalized spacial score (nSPS) is 12.8. The lowest BCUT2D eigenvalue weighted by atomic mass is 9.95. The second-order valence-corrected chi connectivity index (χ2v) is 8.90. The van der Waals surface area contributed by atoms with Crippen LogP contribution < -0.4 is 14.8 Å². The Morgan fingerprint density at radius 2 is 1.49 bits per heavy atom. The molecule has 1 aliphatic rings. The smallest absolute Gasteiger partial charge is 0.252 e. The number of ether oxygens (including phenoxy) is 2. The van der Waals surface area contributed by atoms with Crippen LogP contribution in [-0.4, -0.2) is 42.0 Å². The number of benzene rings is 4. The van der Waals surface area contributed by atoms with Crippen molar-refractivity contribution in [1.82, 2.24) is 5.32 Å². The van der Waals surface area contributed by atoms with E-state index in [0.29, 0.717) is 34.6 Å². The molecule has 186 valence electrons. The summed E-state index contributed by atoms with van der Waals surface area (Å²) < 4.78 is 10.7. The monoisotopic (exact) mass is 495 g/mol. The van der Waals surface area contributed by atoms with E-state index < -0.39 is 12.6 Å². The lowest BCUT2D eigenvalue weighted by Crippen LogP contribution is -2.43. The van der Waals surface area contributed by atoms with Gasteiger partial charge in [-0.05, 0) is 46.5 Å². The van der Waals surface area contributed by atoms with Crippen molar-refractivity contribution in [3.8, 4) is 11.5 Å². The number of carbonyl (C=O) groups excluding carboxylic acids is 3. The van der Waals surface area contributed by atoms with Crippen molar-refractivity contribution in [1.29, 1.82) is 0 Å². The lowest BCUT2D eigenvalue weighted by Gasteiger charge is -2.19. The molecule has 0 unspecified atom stereocenters. The minimum atomic E-state index is -0.780. The van der Waals surface area contributed by atoms with Crippen molar-refractivity contribution in [2.75, 3.05) is 13.4 Å². The molecule has 0 saturated carbocycles. The molecule has 0 radical (unpaired) electrons. The number of hydrogen-bond donors (Lipinski definition) is 2. The van der Waals surface area contributed by atoms with Gasteiger partial charge in [0, 0.05) is 17.5 Å². The van der Waals surface area contributed by atoms with Crippen LogP contribution in [0.3, 0.4) is 0 Å². The lowest BCUT2D eigenvalue weighted by molar-refractivity contribution is -0.120. The molecule has 2 N–H and O–H groups in total. The molecule has 0 aliphatic carbocycles. The summed E-state index contributed by atoms with van der Waals surface area (Å²) in [5, 5.41) is 14.1. The Morgan fingerprint density at radius 3 is 2.27 bits per heavy atom. The number of aliphatic hydroxyl groups excluding tert-OH is 1. The van der Waals surface area contributed by atoms with Gasteiger partial charge < -0.3 is 19.9 Å². The molecule has 0 saturated heterocycles. The second kappa shape index (κ2) is 10.6. The molecule has 0 aromatic heterocycles. The summed E-state index contributed by atoms with van der Waals surface area (Å²) in [5.41, 5.74) is 2.38. The van der Waals surface area contributed by atoms with Crippen molar-refractivity contribution in [3.63, 3.8) is 0 Å². The summed E-state index contributed by atoms with van der Waals surface area (Å²) in [6, 6.07) is 24.6. The van der Waals surface area contributed by atoms with Gasteiger partial charge in [0.2, 0.25) is 6.79 Å². The zero-order valence-corrected chi connectivity index (χ0v) is 20.0. The molecule has 1 atom stereocenters. The zero-order valence-electron chi connectivity index (χ0n) is 20.0. The molecule has 1 heterocycles. The molecule has 7 heteroatoms. The fourth-order valence-electron chi connectivity index (χ4n) is 4.35. The van der Waals surface area contributed by atoms with Gasteiger partial charge in [-0.2, -0.15) is 0 Å². The van der Waals surface area contributed by atoms with Crippen LogP contribution in [0.5, 0.6) is 11.5 Å². The molecule has 0 bridgehead atoms. The predicted octanol–water partition coefficient (Wildman–Crippen LogP) is 3.90. The number of nitrogens with one attached hydrogen (secondary N) is 1. The third-order valence-corrected chi connectivity index (χ3v) is 6.38. The molecule has 4 aromatic rings. The van der Waals surface area contributed by atoms with Gasteiger partial charge in [-0.1, -0.05) is 66.7 Å². The first-order valence-corrected chi connectivity index (χ1v) is 11.9. The quantitative estimate of drug-likeness (QED) is 0.342. The van der Waals surface area contributed by atoms with Crippen molar-refractivity contribution in [2.45, 2.75) is 18.9 Å². The summed E-state index contributed by atoms with van der Waals surface area (Å²) in [4.78, 5) is 38.3. The van der Waals surface area contributed by atoms with Gasteiger partial charge >= 0.3 is 0 Å². The number of hydrogen-bond acceptors (Lipinski definition) is 6. The maximum Gasteiger partial charge on any atom is 0.252 e. The zero-order chi connectivity index (χ0) is 25.8. The van der Waals surface area contributed by atoms with Crippen LogP contribution in [0.25, 0.3) is 10.8 Å². The Balaban J connectivity index is 1.38. The first kappa shape index (κ1) is 24.2. The van der Waals surface area contributed by atoms with E-state index in [-0.39, 0.29) is 30.7 Å². The average Bonchev–Trinajstić information content (AvgIpc) is 3.40. The van der Waals surface area contributed by atoms with E-state index in [9.17, 15) is 14.4 Å². The number of rotatable bonds is 9. The van der Waals surface area contributed by atoms with E-state index in [1.165, 1.54) is 0 Å². The van der Waals surface area contributed by atoms with Crippen LogP contribution in [-0.2, 0) is 17.6 Å². The van der Waals surface area contributed by atoms with Crippen LogP contribution >= 0.6 is 0 Å². The van der Waals surface area contributed by atoms with Gasteiger partial charge in [0.05, 0.1) is 6.04 Å². The SMILES string of the molecule is O=C(CO)c1ccc(CC(=O)[C@H](Cc2ccc3ccccc3c2)NC(=O)c2ccc3c(c2)OCO3)cc1. The van der Waals surface area contributed by atoms with Crippen LogP contribution in [0.2, 0.25) is 0 Å². The standard InChI is InChI=1S/C30H25NO6/c32-17-27(34)22-9-5-19(6-10-22)15-26(33)25(14-20-7-8-21-3-1-2-4-23(21)13-20)31-30(35)24-11-12-28-29(16-24)37-18-36-28/h1-13,16,25,32H,14-15,17-18H2,(H,31,35)/t25-/m0/s1. The average molecular weight is 496 g/mol. The molecular formula is C30H25NO6. The highest BCUT2D eigenvalue weighted by molar-refractivity contribution is 5.99. The Kier molecular flexibility index (Phi) is 6.96. The number of carbonyl (C=O) groups is 3. The van der Waals surface area contributed by atoms with E-state index in [2.05, 4.69) is 5.32 Å². The molecular weight excluding hydrogens is 470 g/mol. The summed E-state index contributed by atoms with van der Waals surface area (Å²) in [6.07, 6.45) is 0.397. The summed E-state index contributed by atoms with van der Waals surface area (Å²) in [5.74, 6) is 0.124. The highest BCUT2D eigenvalue weighted by Crippen LogP contribution is 2.32. The molecule has 4 aromatic carbocycles. The molecule has 0 spiro atoms. The number of ketones is 2. The highest BCUT2D eigenvalue weighted by atomic mass is 16.7. The summed E-state index contributed by atoms with van der Waals surface area (Å²) in [7, 11) is 0. The maximum absolute atomic E-state index is 13.4. The van der Waals surface area contributed by atoms with Crippen molar-refractivity contribution >= 4 is 28.2 Å². The molecule has 0 fully saturated rings. The van der Waals surface area contributed by atoms with Crippen molar-refractivity contribution in [3.05, 3.63) is 107 Å². The van der Waals surface area contributed by atoms with Crippen LogP contribution in [0.15, 0.2) is 84.9 Å². The minimum Gasteiger partial charge on any atom is -0.454 e. The van der Waals surface area contributed by atoms with Crippen LogP contribution in [0.4, 0.5) is 0 Å². The highest BCUT2D eigenvalue weighted by Gasteiger charge is 2.24. The fourth-order valence-corrected chi connectivity index (χ4v) is 4.35. The molecule has 5 rings (SSSR count). The summed E-state index contributed by atoms with van der Waals surface area (Å²) in [6.45, 7) is -0.468. The van der Waals surface area contributed by atoms with E-state index in [0.717, 1.165) is 16.3 Å². The van der Waals surface area contributed by atoms with Crippen LogP contribution in [0.1, 0.15) is 31.8 Å². The van der Waals surface area contributed by atoms with E-state index >= 15 is 0 Å². The molecule has 1 amide bonds. The Hall–Kier alpha value is -4.49. The Morgan fingerprint density at radius 1 is 0.784 bits per heavy atom. The fraction of sp³-hybridized carbons (Fsp3) is 0.167. The third-order valence-electron chi connectivity index (χ3n) is 6.38. The third kappa shape index (κ3) is 5.52. The topological polar surface area (TPSA) is 102 Å². The first-order valence-electron chi connectivity index (χ1n) is 11.9. The minimum absolute atomic E-state index is 0.0766. The predicted molar refractivity (Wildman–Crippen MR) is 138 cm³/mol. The number of fused-ring (bicyclic) bond motifs is 2. The number of amides is 1.